The first kappa shape index (κ1) is 19.2. The number of dihydropyridines is 1. The highest BCUT2D eigenvalue weighted by atomic mass is 32.1. The molecule has 0 atom stereocenters. The van der Waals surface area contributed by atoms with Gasteiger partial charge in [-0.15, -0.1) is 11.3 Å². The lowest BCUT2D eigenvalue weighted by Gasteiger charge is -2.30. The van der Waals surface area contributed by atoms with E-state index in [1.54, 1.807) is 25.2 Å². The van der Waals surface area contributed by atoms with Crippen molar-refractivity contribution in [1.29, 1.82) is 0 Å². The van der Waals surface area contributed by atoms with Crippen LogP contribution < -0.4 is 5.32 Å². The lowest BCUT2D eigenvalue weighted by atomic mass is 9.80. The van der Waals surface area contributed by atoms with Crippen LogP contribution in [0.2, 0.25) is 0 Å². The van der Waals surface area contributed by atoms with Crippen LogP contribution in [0.1, 0.15) is 48.9 Å². The van der Waals surface area contributed by atoms with Crippen LogP contribution in [0.25, 0.3) is 0 Å². The zero-order chi connectivity index (χ0) is 18.7. The minimum atomic E-state index is -0.482. The highest BCUT2D eigenvalue weighted by Crippen LogP contribution is 2.42. The summed E-state index contributed by atoms with van der Waals surface area (Å²) in [6, 6.07) is 2.04. The zero-order valence-corrected chi connectivity index (χ0v) is 16.4. The van der Waals surface area contributed by atoms with Gasteiger partial charge in [0.25, 0.3) is 0 Å². The Balaban J connectivity index is 2.66. The smallest absolute Gasteiger partial charge is 0.336 e. The third kappa shape index (κ3) is 3.79. The van der Waals surface area contributed by atoms with Gasteiger partial charge in [0.1, 0.15) is 0 Å². The Bertz CT molecular complexity index is 717. The minimum absolute atomic E-state index is 0.279. The first-order valence-corrected chi connectivity index (χ1v) is 9.23. The molecule has 1 aromatic heterocycles. The molecule has 0 aliphatic carbocycles. The number of hydrogen-bond acceptors (Lipinski definition) is 6. The molecule has 0 fully saturated rings. The van der Waals surface area contributed by atoms with Crippen LogP contribution in [-0.2, 0) is 19.1 Å². The van der Waals surface area contributed by atoms with Crippen molar-refractivity contribution in [2.75, 3.05) is 13.2 Å². The van der Waals surface area contributed by atoms with Gasteiger partial charge in [-0.2, -0.15) is 0 Å². The topological polar surface area (TPSA) is 64.6 Å². The molecule has 136 valence electrons. The average molecular weight is 363 g/mol. The van der Waals surface area contributed by atoms with Crippen molar-refractivity contribution >= 4 is 23.3 Å². The Morgan fingerprint density at radius 2 is 1.48 bits per heavy atom. The maximum atomic E-state index is 12.7. The molecule has 5 nitrogen and oxygen atoms in total. The summed E-state index contributed by atoms with van der Waals surface area (Å²) in [4.78, 5) is 27.5. The highest BCUT2D eigenvalue weighted by Gasteiger charge is 2.39. The summed E-state index contributed by atoms with van der Waals surface area (Å²) in [5, 5.41) is 3.15. The molecular weight excluding hydrogens is 338 g/mol. The first-order chi connectivity index (χ1) is 11.8. The van der Waals surface area contributed by atoms with Crippen molar-refractivity contribution in [3.05, 3.63) is 43.9 Å². The average Bonchev–Trinajstić information content (AvgIpc) is 2.85. The summed E-state index contributed by atoms with van der Waals surface area (Å²) >= 11 is 1.65. The van der Waals surface area contributed by atoms with Gasteiger partial charge in [-0.1, -0.05) is 0 Å². The van der Waals surface area contributed by atoms with Crippen LogP contribution in [0, 0.1) is 13.8 Å². The van der Waals surface area contributed by atoms with Gasteiger partial charge in [-0.25, -0.2) is 9.59 Å². The Morgan fingerprint density at radius 1 is 1.00 bits per heavy atom. The predicted octanol–water partition coefficient (Wildman–Crippen LogP) is 3.73. The largest absolute Gasteiger partial charge is 0.463 e. The second-order valence-corrected chi connectivity index (χ2v) is 7.41. The fourth-order valence-corrected chi connectivity index (χ4v) is 4.16. The van der Waals surface area contributed by atoms with E-state index in [1.807, 2.05) is 33.8 Å². The number of esters is 2. The molecule has 1 aliphatic rings. The lowest BCUT2D eigenvalue weighted by Crippen LogP contribution is -2.32. The number of nitrogens with one attached hydrogen (secondary N) is 1. The Labute approximate surface area is 152 Å². The molecular formula is C19H25NO4S. The molecule has 1 aliphatic heterocycles. The minimum Gasteiger partial charge on any atom is -0.463 e. The quantitative estimate of drug-likeness (QED) is 0.808. The number of rotatable bonds is 5. The normalized spacial score (nSPS) is 15.3. The third-order valence-corrected chi connectivity index (χ3v) is 5.12. The van der Waals surface area contributed by atoms with Crippen LogP contribution in [0.15, 0.2) is 28.6 Å². The fraction of sp³-hybridized carbons (Fsp3) is 0.474. The van der Waals surface area contributed by atoms with E-state index in [-0.39, 0.29) is 13.2 Å². The van der Waals surface area contributed by atoms with Crippen molar-refractivity contribution in [3.8, 4) is 0 Å². The van der Waals surface area contributed by atoms with E-state index < -0.39 is 17.9 Å². The summed E-state index contributed by atoms with van der Waals surface area (Å²) in [6.07, 6.45) is 0. The molecule has 0 spiro atoms. The van der Waals surface area contributed by atoms with Gasteiger partial charge in [0.2, 0.25) is 0 Å². The number of carbonyl (C=O) groups is 2. The second-order valence-electron chi connectivity index (χ2n) is 5.94. The van der Waals surface area contributed by atoms with E-state index in [9.17, 15) is 9.59 Å². The van der Waals surface area contributed by atoms with Crippen LogP contribution in [0.3, 0.4) is 0 Å². The van der Waals surface area contributed by atoms with Crippen LogP contribution >= 0.6 is 11.3 Å². The number of ether oxygens (including phenoxy) is 2. The molecule has 0 bridgehead atoms. The lowest BCUT2D eigenvalue weighted by molar-refractivity contribution is -0.139. The third-order valence-electron chi connectivity index (χ3n) is 4.14. The monoisotopic (exact) mass is 363 g/mol. The van der Waals surface area contributed by atoms with Crippen LogP contribution in [0.4, 0.5) is 0 Å². The van der Waals surface area contributed by atoms with Crippen molar-refractivity contribution in [3.63, 3.8) is 0 Å². The van der Waals surface area contributed by atoms with Crippen LogP contribution in [0.5, 0.6) is 0 Å². The van der Waals surface area contributed by atoms with Gasteiger partial charge in [0.05, 0.1) is 30.3 Å². The van der Waals surface area contributed by atoms with E-state index in [1.165, 1.54) is 0 Å². The molecule has 0 radical (unpaired) electrons. The molecule has 0 aromatic carbocycles. The molecule has 2 heterocycles. The molecule has 1 N–H and O–H groups in total. The van der Waals surface area contributed by atoms with E-state index >= 15 is 0 Å². The zero-order valence-electron chi connectivity index (χ0n) is 15.6. The Kier molecular flexibility index (Phi) is 6.06. The Hall–Kier alpha value is -2.08. The van der Waals surface area contributed by atoms with Gasteiger partial charge >= 0.3 is 11.9 Å². The van der Waals surface area contributed by atoms with Crippen molar-refractivity contribution in [1.82, 2.24) is 5.32 Å². The summed E-state index contributed by atoms with van der Waals surface area (Å²) in [7, 11) is 0. The standard InChI is InChI=1S/C19H25NO4S/c1-7-23-18(21)15-11(4)20-12(5)16(19(22)24-8-2)17(15)14-9-10(3)25-13(14)6/h9,17,20H,7-8H2,1-6H3. The molecule has 2 rings (SSSR count). The molecule has 0 saturated carbocycles. The first-order valence-electron chi connectivity index (χ1n) is 8.41. The van der Waals surface area contributed by atoms with Crippen molar-refractivity contribution in [2.24, 2.45) is 0 Å². The van der Waals surface area contributed by atoms with Gasteiger partial charge in [-0.3, -0.25) is 0 Å². The Morgan fingerprint density at radius 3 is 1.84 bits per heavy atom. The molecule has 0 unspecified atom stereocenters. The number of hydrogen-bond donors (Lipinski definition) is 1. The molecule has 0 amide bonds. The number of carbonyl (C=O) groups excluding carboxylic acids is 2. The van der Waals surface area contributed by atoms with Gasteiger partial charge in [0, 0.05) is 21.1 Å². The highest BCUT2D eigenvalue weighted by molar-refractivity contribution is 7.12. The molecule has 0 saturated heterocycles. The van der Waals surface area contributed by atoms with E-state index in [4.69, 9.17) is 9.47 Å². The number of aryl methyl sites for hydroxylation is 2. The van der Waals surface area contributed by atoms with E-state index in [0.29, 0.717) is 22.5 Å². The van der Waals surface area contributed by atoms with Gasteiger partial charge in [0.15, 0.2) is 0 Å². The summed E-state index contributed by atoms with van der Waals surface area (Å²) in [6.45, 7) is 11.8. The van der Waals surface area contributed by atoms with Gasteiger partial charge in [-0.05, 0) is 53.2 Å². The van der Waals surface area contributed by atoms with Crippen LogP contribution in [-0.4, -0.2) is 25.2 Å². The van der Waals surface area contributed by atoms with E-state index in [0.717, 1.165) is 15.3 Å². The fourth-order valence-electron chi connectivity index (χ4n) is 3.20. The maximum Gasteiger partial charge on any atom is 0.336 e. The van der Waals surface area contributed by atoms with Gasteiger partial charge < -0.3 is 14.8 Å². The molecule has 6 heteroatoms. The molecule has 1 aromatic rings. The summed E-state index contributed by atoms with van der Waals surface area (Å²) in [5.74, 6) is -1.30. The summed E-state index contributed by atoms with van der Waals surface area (Å²) in [5.41, 5.74) is 3.30. The molecule has 25 heavy (non-hydrogen) atoms. The van der Waals surface area contributed by atoms with E-state index in [2.05, 4.69) is 5.32 Å². The number of thiophene rings is 1. The maximum absolute atomic E-state index is 12.7. The second kappa shape index (κ2) is 7.87. The SMILES string of the molecule is CCOC(=O)C1=C(C)NC(C)=C(C(=O)OCC)C1c1cc(C)sc1C. The predicted molar refractivity (Wildman–Crippen MR) is 98.3 cm³/mol. The van der Waals surface area contributed by atoms with Crippen molar-refractivity contribution in [2.45, 2.75) is 47.5 Å². The number of allylic oxidation sites excluding steroid dienone is 2. The van der Waals surface area contributed by atoms with Crippen molar-refractivity contribution < 1.29 is 19.1 Å². The summed E-state index contributed by atoms with van der Waals surface area (Å²) < 4.78 is 10.5.